The van der Waals surface area contributed by atoms with Crippen molar-refractivity contribution in [1.29, 1.82) is 0 Å². The number of hydrogen-bond acceptors (Lipinski definition) is 2. The van der Waals surface area contributed by atoms with Crippen molar-refractivity contribution in [2.75, 3.05) is 26.0 Å². The van der Waals surface area contributed by atoms with Gasteiger partial charge in [0.2, 0.25) is 0 Å². The molecule has 2 rings (SSSR count). The Morgan fingerprint density at radius 1 is 1.30 bits per heavy atom. The molecule has 0 spiro atoms. The molecule has 0 aliphatic rings. The molecule has 1 unspecified atom stereocenters. The minimum absolute atomic E-state index is 0.0791. The van der Waals surface area contributed by atoms with Crippen molar-refractivity contribution in [1.82, 2.24) is 0 Å². The second-order valence-electron chi connectivity index (χ2n) is 5.29. The Morgan fingerprint density at radius 2 is 2.04 bits per heavy atom. The average Bonchev–Trinajstić information content (AvgIpc) is 2.49. The van der Waals surface area contributed by atoms with Gasteiger partial charge in [-0.2, -0.15) is 0 Å². The summed E-state index contributed by atoms with van der Waals surface area (Å²) in [5, 5.41) is 3.37. The molecule has 0 aliphatic carbocycles. The Kier molecular flexibility index (Phi) is 6.45. The first-order valence-electron chi connectivity index (χ1n) is 7.17. The van der Waals surface area contributed by atoms with Crippen LogP contribution in [0.2, 0.25) is 5.02 Å². The molecule has 2 aromatic carbocycles. The van der Waals surface area contributed by atoms with Gasteiger partial charge in [-0.1, -0.05) is 39.7 Å². The van der Waals surface area contributed by atoms with Crippen LogP contribution < -0.4 is 15.0 Å². The highest BCUT2D eigenvalue weighted by atomic mass is 79.9. The summed E-state index contributed by atoms with van der Waals surface area (Å²) in [7, 11) is 3.61. The average molecular weight is 399 g/mol. The molecule has 23 heavy (non-hydrogen) atoms. The third-order valence-electron chi connectivity index (χ3n) is 3.34. The molecule has 0 fully saturated rings. The number of ether oxygens (including phenoxy) is 1. The number of para-hydroxylation sites is 1. The number of amides is 1. The molecule has 0 bridgehead atoms. The van der Waals surface area contributed by atoms with E-state index in [0.717, 1.165) is 20.7 Å². The number of carbonyl (C=O) groups excluding carboxylic acids is 1. The van der Waals surface area contributed by atoms with E-state index in [1.54, 1.807) is 19.2 Å². The van der Waals surface area contributed by atoms with Gasteiger partial charge in [0.25, 0.3) is 5.91 Å². The second kappa shape index (κ2) is 8.34. The summed E-state index contributed by atoms with van der Waals surface area (Å²) in [6.07, 6.45) is 0. The van der Waals surface area contributed by atoms with E-state index in [0.29, 0.717) is 23.8 Å². The fraction of sp³-hybridized carbons (Fsp3) is 0.235. The highest BCUT2D eigenvalue weighted by Crippen LogP contribution is 2.22. The highest BCUT2D eigenvalue weighted by molar-refractivity contribution is 9.10. The SMILES string of the molecule is COc1ccc(Br)cc1C[NH+](C)CC(=O)Nc1ccccc1Cl. The molecule has 0 heterocycles. The molecule has 0 radical (unpaired) electrons. The molecule has 0 saturated carbocycles. The summed E-state index contributed by atoms with van der Waals surface area (Å²) in [5.74, 6) is 0.739. The fourth-order valence-corrected chi connectivity index (χ4v) is 2.90. The first-order chi connectivity index (χ1) is 11.0. The standard InChI is InChI=1S/C17H18BrClN2O2/c1-21(10-12-9-13(18)7-8-16(12)23-2)11-17(22)20-15-6-4-3-5-14(15)19/h3-9H,10-11H2,1-2H3,(H,20,22)/p+1. The lowest BCUT2D eigenvalue weighted by Gasteiger charge is -2.16. The van der Waals surface area contributed by atoms with Crippen LogP contribution in [0, 0.1) is 0 Å². The van der Waals surface area contributed by atoms with Crippen molar-refractivity contribution in [2.24, 2.45) is 0 Å². The van der Waals surface area contributed by atoms with E-state index in [1.165, 1.54) is 0 Å². The van der Waals surface area contributed by atoms with Gasteiger partial charge in [-0.05, 0) is 30.3 Å². The Labute approximate surface area is 149 Å². The molecular weight excluding hydrogens is 380 g/mol. The minimum Gasteiger partial charge on any atom is -0.496 e. The lowest BCUT2D eigenvalue weighted by molar-refractivity contribution is -0.885. The van der Waals surface area contributed by atoms with Crippen LogP contribution in [0.25, 0.3) is 0 Å². The van der Waals surface area contributed by atoms with Crippen LogP contribution in [0.5, 0.6) is 5.75 Å². The lowest BCUT2D eigenvalue weighted by atomic mass is 10.2. The van der Waals surface area contributed by atoms with Crippen LogP contribution in [0.1, 0.15) is 5.56 Å². The summed E-state index contributed by atoms with van der Waals surface area (Å²) in [6.45, 7) is 1.01. The van der Waals surface area contributed by atoms with E-state index in [9.17, 15) is 4.79 Å². The van der Waals surface area contributed by atoms with Crippen molar-refractivity contribution in [3.63, 3.8) is 0 Å². The van der Waals surface area contributed by atoms with Crippen LogP contribution in [0.15, 0.2) is 46.9 Å². The molecule has 0 saturated heterocycles. The number of anilines is 1. The smallest absolute Gasteiger partial charge is 0.279 e. The van der Waals surface area contributed by atoms with Crippen LogP contribution >= 0.6 is 27.5 Å². The zero-order chi connectivity index (χ0) is 16.8. The van der Waals surface area contributed by atoms with Gasteiger partial charge >= 0.3 is 0 Å². The van der Waals surface area contributed by atoms with Gasteiger partial charge in [0.05, 0.1) is 24.9 Å². The molecule has 122 valence electrons. The van der Waals surface area contributed by atoms with Gasteiger partial charge in [-0.15, -0.1) is 0 Å². The van der Waals surface area contributed by atoms with E-state index < -0.39 is 0 Å². The van der Waals surface area contributed by atoms with Gasteiger partial charge in [0.1, 0.15) is 12.3 Å². The third kappa shape index (κ3) is 5.23. The lowest BCUT2D eigenvalue weighted by Crippen LogP contribution is -3.08. The van der Waals surface area contributed by atoms with E-state index in [1.807, 2.05) is 37.4 Å². The number of hydrogen-bond donors (Lipinski definition) is 2. The second-order valence-corrected chi connectivity index (χ2v) is 6.62. The number of rotatable bonds is 6. The Balaban J connectivity index is 1.97. The van der Waals surface area contributed by atoms with Crippen LogP contribution in [0.4, 0.5) is 5.69 Å². The molecule has 4 nitrogen and oxygen atoms in total. The monoisotopic (exact) mass is 397 g/mol. The minimum atomic E-state index is -0.0791. The number of benzene rings is 2. The Bertz CT molecular complexity index is 694. The maximum atomic E-state index is 12.2. The van der Waals surface area contributed by atoms with Gasteiger partial charge in [0, 0.05) is 10.0 Å². The number of nitrogens with one attached hydrogen (secondary N) is 2. The van der Waals surface area contributed by atoms with Gasteiger partial charge < -0.3 is 15.0 Å². The van der Waals surface area contributed by atoms with Crippen molar-refractivity contribution in [2.45, 2.75) is 6.54 Å². The van der Waals surface area contributed by atoms with Crippen molar-refractivity contribution in [3.05, 3.63) is 57.5 Å². The van der Waals surface area contributed by atoms with Gasteiger partial charge in [-0.25, -0.2) is 0 Å². The van der Waals surface area contributed by atoms with E-state index >= 15 is 0 Å². The summed E-state index contributed by atoms with van der Waals surface area (Å²) in [4.78, 5) is 13.2. The first kappa shape index (κ1) is 17.8. The summed E-state index contributed by atoms with van der Waals surface area (Å²) in [6, 6.07) is 13.1. The third-order valence-corrected chi connectivity index (χ3v) is 4.17. The summed E-state index contributed by atoms with van der Waals surface area (Å²) >= 11 is 9.51. The fourth-order valence-electron chi connectivity index (χ4n) is 2.30. The molecule has 0 aromatic heterocycles. The summed E-state index contributed by atoms with van der Waals surface area (Å²) in [5.41, 5.74) is 1.68. The van der Waals surface area contributed by atoms with Crippen molar-refractivity contribution in [3.8, 4) is 5.75 Å². The van der Waals surface area contributed by atoms with E-state index in [2.05, 4.69) is 21.2 Å². The van der Waals surface area contributed by atoms with Crippen molar-refractivity contribution < 1.29 is 14.4 Å². The summed E-state index contributed by atoms with van der Waals surface area (Å²) < 4.78 is 6.35. The van der Waals surface area contributed by atoms with Crippen LogP contribution in [0.3, 0.4) is 0 Å². The number of carbonyl (C=O) groups is 1. The predicted octanol–water partition coefficient (Wildman–Crippen LogP) is 2.76. The van der Waals surface area contributed by atoms with E-state index in [-0.39, 0.29) is 5.91 Å². The molecule has 2 N–H and O–H groups in total. The van der Waals surface area contributed by atoms with Gasteiger partial charge in [-0.3, -0.25) is 4.79 Å². The number of halogens is 2. The van der Waals surface area contributed by atoms with Crippen LogP contribution in [-0.2, 0) is 11.3 Å². The molecule has 2 aromatic rings. The molecule has 1 amide bonds. The molecule has 0 aliphatic heterocycles. The Hall–Kier alpha value is -1.56. The zero-order valence-corrected chi connectivity index (χ0v) is 15.4. The normalized spacial score (nSPS) is 11.8. The number of quaternary nitrogens is 1. The van der Waals surface area contributed by atoms with Crippen LogP contribution in [-0.4, -0.2) is 26.6 Å². The molecular formula is C17H19BrClN2O2+. The quantitative estimate of drug-likeness (QED) is 0.786. The largest absolute Gasteiger partial charge is 0.496 e. The topological polar surface area (TPSA) is 42.8 Å². The number of methoxy groups -OCH3 is 1. The highest BCUT2D eigenvalue weighted by Gasteiger charge is 2.14. The predicted molar refractivity (Wildman–Crippen MR) is 96.2 cm³/mol. The maximum Gasteiger partial charge on any atom is 0.279 e. The molecule has 1 atom stereocenters. The first-order valence-corrected chi connectivity index (χ1v) is 8.35. The maximum absolute atomic E-state index is 12.2. The molecule has 6 heteroatoms. The number of likely N-dealkylation sites (N-methyl/N-ethyl adjacent to an activating group) is 1. The Morgan fingerprint density at radius 3 is 2.74 bits per heavy atom. The van der Waals surface area contributed by atoms with Crippen molar-refractivity contribution >= 4 is 39.1 Å². The van der Waals surface area contributed by atoms with E-state index in [4.69, 9.17) is 16.3 Å². The van der Waals surface area contributed by atoms with Gasteiger partial charge in [0.15, 0.2) is 6.54 Å². The zero-order valence-electron chi connectivity index (χ0n) is 13.0.